The maximum absolute atomic E-state index is 13.0. The van der Waals surface area contributed by atoms with Crippen LogP contribution in [0.15, 0.2) is 24.4 Å². The zero-order chi connectivity index (χ0) is 16.7. The van der Waals surface area contributed by atoms with Crippen molar-refractivity contribution in [2.24, 2.45) is 0 Å². The van der Waals surface area contributed by atoms with E-state index in [2.05, 4.69) is 29.3 Å². The molecule has 1 saturated carbocycles. The molecule has 1 N–H and O–H groups in total. The molecule has 1 aromatic heterocycles. The van der Waals surface area contributed by atoms with Crippen molar-refractivity contribution in [3.63, 3.8) is 0 Å². The summed E-state index contributed by atoms with van der Waals surface area (Å²) in [7, 11) is 1.69. The van der Waals surface area contributed by atoms with Gasteiger partial charge in [0, 0.05) is 19.0 Å². The van der Waals surface area contributed by atoms with Crippen molar-refractivity contribution >= 4 is 5.91 Å². The molecule has 5 nitrogen and oxygen atoms in total. The van der Waals surface area contributed by atoms with E-state index in [0.717, 1.165) is 49.4 Å². The molecule has 2 aliphatic rings. The Morgan fingerprint density at radius 3 is 2.96 bits per heavy atom. The number of hydrogen-bond donors (Lipinski definition) is 1. The monoisotopic (exact) mass is 325 g/mol. The van der Waals surface area contributed by atoms with Gasteiger partial charge < -0.3 is 9.64 Å². The fourth-order valence-corrected chi connectivity index (χ4v) is 3.67. The Hall–Kier alpha value is -2.30. The van der Waals surface area contributed by atoms with Gasteiger partial charge in [-0.2, -0.15) is 5.10 Å². The third-order valence-electron chi connectivity index (χ3n) is 5.20. The molecule has 0 bridgehead atoms. The lowest BCUT2D eigenvalue weighted by Gasteiger charge is -2.23. The fraction of sp³-hybridized carbons (Fsp3) is 0.474. The van der Waals surface area contributed by atoms with E-state index in [1.165, 1.54) is 11.1 Å². The molecule has 1 atom stereocenters. The molecule has 126 valence electrons. The summed E-state index contributed by atoms with van der Waals surface area (Å²) < 4.78 is 5.36. The first kappa shape index (κ1) is 15.2. The van der Waals surface area contributed by atoms with Crippen molar-refractivity contribution < 1.29 is 9.53 Å². The minimum atomic E-state index is 0.109. The number of H-pyrrole nitrogens is 1. The van der Waals surface area contributed by atoms with Gasteiger partial charge in [-0.15, -0.1) is 0 Å². The van der Waals surface area contributed by atoms with Crippen LogP contribution in [0.5, 0.6) is 5.75 Å². The first-order valence-corrected chi connectivity index (χ1v) is 8.66. The van der Waals surface area contributed by atoms with E-state index < -0.39 is 0 Å². The van der Waals surface area contributed by atoms with Crippen LogP contribution in [0.25, 0.3) is 0 Å². The predicted octanol–water partition coefficient (Wildman–Crippen LogP) is 3.10. The van der Waals surface area contributed by atoms with Crippen molar-refractivity contribution in [3.05, 3.63) is 46.8 Å². The SMILES string of the molecule is COc1ccc2c(c1)C(C)CN(C(=O)c1cn[nH]c1C1CC1)CC2. The Labute approximate surface area is 142 Å². The number of benzene rings is 1. The minimum absolute atomic E-state index is 0.109. The van der Waals surface area contributed by atoms with Crippen LogP contribution in [0.4, 0.5) is 0 Å². The van der Waals surface area contributed by atoms with Gasteiger partial charge >= 0.3 is 0 Å². The highest BCUT2D eigenvalue weighted by Crippen LogP contribution is 2.41. The van der Waals surface area contributed by atoms with Gasteiger partial charge in [0.15, 0.2) is 0 Å². The van der Waals surface area contributed by atoms with Crippen molar-refractivity contribution in [2.45, 2.75) is 38.0 Å². The van der Waals surface area contributed by atoms with Gasteiger partial charge in [0.25, 0.3) is 5.91 Å². The van der Waals surface area contributed by atoms with Crippen molar-refractivity contribution in [1.82, 2.24) is 15.1 Å². The van der Waals surface area contributed by atoms with Crippen LogP contribution >= 0.6 is 0 Å². The first-order valence-electron chi connectivity index (χ1n) is 8.66. The number of nitrogens with one attached hydrogen (secondary N) is 1. The zero-order valence-corrected chi connectivity index (χ0v) is 14.2. The summed E-state index contributed by atoms with van der Waals surface area (Å²) in [6, 6.07) is 6.25. The van der Waals surface area contributed by atoms with Gasteiger partial charge in [-0.3, -0.25) is 9.89 Å². The van der Waals surface area contributed by atoms with Crippen molar-refractivity contribution in [1.29, 1.82) is 0 Å². The number of fused-ring (bicyclic) bond motifs is 1. The third-order valence-corrected chi connectivity index (χ3v) is 5.20. The Morgan fingerprint density at radius 1 is 1.38 bits per heavy atom. The van der Waals surface area contributed by atoms with Crippen molar-refractivity contribution in [3.8, 4) is 5.75 Å². The second kappa shape index (κ2) is 5.96. The van der Waals surface area contributed by atoms with E-state index in [9.17, 15) is 4.79 Å². The molecule has 1 aliphatic heterocycles. The van der Waals surface area contributed by atoms with Gasteiger partial charge in [0.1, 0.15) is 5.75 Å². The highest BCUT2D eigenvalue weighted by Gasteiger charge is 2.32. The normalized spacial score (nSPS) is 20.4. The molecule has 1 aliphatic carbocycles. The molecule has 0 spiro atoms. The minimum Gasteiger partial charge on any atom is -0.497 e. The molecule has 2 aromatic rings. The molecule has 1 unspecified atom stereocenters. The number of carbonyl (C=O) groups excluding carboxylic acids is 1. The lowest BCUT2D eigenvalue weighted by molar-refractivity contribution is 0.0753. The summed E-state index contributed by atoms with van der Waals surface area (Å²) in [5, 5.41) is 7.15. The maximum Gasteiger partial charge on any atom is 0.257 e. The first-order chi connectivity index (χ1) is 11.7. The number of aromatic nitrogens is 2. The molecule has 0 radical (unpaired) electrons. The molecule has 0 saturated heterocycles. The van der Waals surface area contributed by atoms with E-state index >= 15 is 0 Å². The number of rotatable bonds is 3. The molecule has 4 rings (SSSR count). The summed E-state index contributed by atoms with van der Waals surface area (Å²) in [6.07, 6.45) is 4.89. The number of methoxy groups -OCH3 is 1. The number of nitrogens with zero attached hydrogens (tertiary/aromatic N) is 2. The van der Waals surface area contributed by atoms with Crippen molar-refractivity contribution in [2.75, 3.05) is 20.2 Å². The van der Waals surface area contributed by atoms with Crippen LogP contribution in [0.1, 0.15) is 58.8 Å². The molecular formula is C19H23N3O2. The molecule has 2 heterocycles. The average Bonchev–Trinajstić information content (AvgIpc) is 3.36. The van der Waals surface area contributed by atoms with Crippen LogP contribution in [0.3, 0.4) is 0 Å². The molecule has 24 heavy (non-hydrogen) atoms. The quantitative estimate of drug-likeness (QED) is 0.943. The molecule has 1 fully saturated rings. The topological polar surface area (TPSA) is 58.2 Å². The summed E-state index contributed by atoms with van der Waals surface area (Å²) in [5.74, 6) is 1.78. The van der Waals surface area contributed by atoms with E-state index in [0.29, 0.717) is 5.92 Å². The zero-order valence-electron chi connectivity index (χ0n) is 14.2. The largest absolute Gasteiger partial charge is 0.497 e. The summed E-state index contributed by atoms with van der Waals surface area (Å²) in [6.45, 7) is 3.66. The maximum atomic E-state index is 13.0. The standard InChI is InChI=1S/C19H23N3O2/c1-12-11-22(8-7-13-5-6-15(24-2)9-16(12)13)19(23)17-10-20-21-18(17)14-3-4-14/h5-6,9-10,12,14H,3-4,7-8,11H2,1-2H3,(H,20,21). The Bertz CT molecular complexity index is 764. The fourth-order valence-electron chi connectivity index (χ4n) is 3.67. The summed E-state index contributed by atoms with van der Waals surface area (Å²) >= 11 is 0. The number of carbonyl (C=O) groups is 1. The van der Waals surface area contributed by atoms with E-state index in [1.54, 1.807) is 13.3 Å². The van der Waals surface area contributed by atoms with Gasteiger partial charge in [-0.25, -0.2) is 0 Å². The number of ether oxygens (including phenoxy) is 1. The molecule has 1 aromatic carbocycles. The van der Waals surface area contributed by atoms with Gasteiger partial charge in [0.05, 0.1) is 24.6 Å². The number of aromatic amines is 1. The van der Waals surface area contributed by atoms with E-state index in [4.69, 9.17) is 4.74 Å². The predicted molar refractivity (Wildman–Crippen MR) is 91.6 cm³/mol. The summed E-state index contributed by atoms with van der Waals surface area (Å²) in [5.41, 5.74) is 4.39. The van der Waals surface area contributed by atoms with E-state index in [1.807, 2.05) is 11.0 Å². The Kier molecular flexibility index (Phi) is 3.79. The number of amides is 1. The Balaban J connectivity index is 1.58. The Morgan fingerprint density at radius 2 is 2.21 bits per heavy atom. The molecular weight excluding hydrogens is 302 g/mol. The summed E-state index contributed by atoms with van der Waals surface area (Å²) in [4.78, 5) is 15.0. The third kappa shape index (κ3) is 2.68. The van der Waals surface area contributed by atoms with Crippen LogP contribution in [-0.2, 0) is 6.42 Å². The lowest BCUT2D eigenvalue weighted by Crippen LogP contribution is -2.34. The average molecular weight is 325 g/mol. The second-order valence-corrected chi connectivity index (χ2v) is 6.94. The van der Waals surface area contributed by atoms with Crippen LogP contribution < -0.4 is 4.74 Å². The van der Waals surface area contributed by atoms with Crippen LogP contribution in [-0.4, -0.2) is 41.2 Å². The smallest absolute Gasteiger partial charge is 0.257 e. The highest BCUT2D eigenvalue weighted by atomic mass is 16.5. The van der Waals surface area contributed by atoms with Crippen LogP contribution in [0.2, 0.25) is 0 Å². The molecule has 1 amide bonds. The second-order valence-electron chi connectivity index (χ2n) is 6.94. The van der Waals surface area contributed by atoms with Gasteiger partial charge in [-0.1, -0.05) is 13.0 Å². The van der Waals surface area contributed by atoms with Gasteiger partial charge in [0.2, 0.25) is 0 Å². The van der Waals surface area contributed by atoms with Gasteiger partial charge in [-0.05, 0) is 48.4 Å². The lowest BCUT2D eigenvalue weighted by atomic mass is 9.95. The van der Waals surface area contributed by atoms with E-state index in [-0.39, 0.29) is 11.8 Å². The highest BCUT2D eigenvalue weighted by molar-refractivity contribution is 5.95. The van der Waals surface area contributed by atoms with Crippen LogP contribution in [0, 0.1) is 0 Å². The molecule has 5 heteroatoms. The number of hydrogen-bond acceptors (Lipinski definition) is 3.